The molecule has 1 saturated carbocycles. The molecule has 0 saturated heterocycles. The third kappa shape index (κ3) is 4.11. The second-order valence-corrected chi connectivity index (χ2v) is 10.2. The maximum Gasteiger partial charge on any atom is 0.417 e. The lowest BCUT2D eigenvalue weighted by Crippen LogP contribution is -2.06. The van der Waals surface area contributed by atoms with E-state index in [1.807, 2.05) is 30.5 Å². The average molecular weight is 540 g/mol. The molecule has 3 heterocycles. The fraction of sp³-hybridized carbons (Fsp3) is 0.188. The first kappa shape index (κ1) is 24.5. The minimum Gasteiger partial charge on any atom is -0.506 e. The van der Waals surface area contributed by atoms with Crippen molar-refractivity contribution in [3.8, 4) is 23.2 Å². The molecule has 3 aromatic heterocycles. The normalized spacial score (nSPS) is 14.5. The van der Waals surface area contributed by atoms with Gasteiger partial charge in [-0.15, -0.1) is 0 Å². The highest BCUT2D eigenvalue weighted by molar-refractivity contribution is 6.09. The second-order valence-electron chi connectivity index (χ2n) is 10.2. The minimum atomic E-state index is -4.57. The van der Waals surface area contributed by atoms with Crippen molar-refractivity contribution in [3.63, 3.8) is 0 Å². The average Bonchev–Trinajstić information content (AvgIpc) is 3.60. The standard InChI is InChI=1S/C32H24F3N3O2/c33-32(34,35)25-12-13-28(39)31-24(25)11-14-30(37-31)40-21-9-10-23-22-7-3-4-8-26(22)38(27(23)18-21)29-17-20(15-16-36-29)19-5-1-2-6-19/h3-4,7-19,39H,1-2,5-6H2. The number of alkyl halides is 3. The molecule has 40 heavy (non-hydrogen) atoms. The third-order valence-corrected chi connectivity index (χ3v) is 7.81. The monoisotopic (exact) mass is 539 g/mol. The number of aromatic nitrogens is 3. The molecule has 0 atom stereocenters. The summed E-state index contributed by atoms with van der Waals surface area (Å²) in [6.45, 7) is 0. The molecule has 0 amide bonds. The number of nitrogens with zero attached hydrogens (tertiary/aromatic N) is 3. The van der Waals surface area contributed by atoms with Crippen molar-refractivity contribution in [2.45, 2.75) is 37.8 Å². The first-order valence-corrected chi connectivity index (χ1v) is 13.2. The van der Waals surface area contributed by atoms with Gasteiger partial charge in [0.05, 0.1) is 16.6 Å². The van der Waals surface area contributed by atoms with E-state index in [-0.39, 0.29) is 22.5 Å². The van der Waals surface area contributed by atoms with Crippen molar-refractivity contribution in [1.82, 2.24) is 14.5 Å². The Morgan fingerprint density at radius 2 is 1.60 bits per heavy atom. The van der Waals surface area contributed by atoms with Crippen LogP contribution in [0.5, 0.6) is 17.4 Å². The summed E-state index contributed by atoms with van der Waals surface area (Å²) in [4.78, 5) is 8.94. The lowest BCUT2D eigenvalue weighted by Gasteiger charge is -2.13. The molecular formula is C32H24F3N3O2. The SMILES string of the molecule is Oc1ccc(C(F)(F)F)c2ccc(Oc3ccc4c5ccccc5n(-c5cc(C6CCCC6)ccn5)c4c3)nc12. The summed E-state index contributed by atoms with van der Waals surface area (Å²) in [6.07, 6.45) is 2.16. The highest BCUT2D eigenvalue weighted by Crippen LogP contribution is 2.40. The van der Waals surface area contributed by atoms with Gasteiger partial charge in [-0.2, -0.15) is 13.2 Å². The Balaban J connectivity index is 1.33. The van der Waals surface area contributed by atoms with E-state index in [0.29, 0.717) is 11.7 Å². The molecule has 1 aliphatic rings. The number of fused-ring (bicyclic) bond motifs is 4. The number of phenolic OH excluding ortho intramolecular Hbond substituents is 1. The number of benzene rings is 3. The van der Waals surface area contributed by atoms with Crippen molar-refractivity contribution >= 4 is 32.7 Å². The Morgan fingerprint density at radius 1 is 0.825 bits per heavy atom. The fourth-order valence-corrected chi connectivity index (χ4v) is 5.94. The van der Waals surface area contributed by atoms with Gasteiger partial charge < -0.3 is 9.84 Å². The van der Waals surface area contributed by atoms with Crippen molar-refractivity contribution < 1.29 is 23.0 Å². The molecule has 0 bridgehead atoms. The van der Waals surface area contributed by atoms with Crippen molar-refractivity contribution in [2.24, 2.45) is 0 Å². The Kier molecular flexibility index (Phi) is 5.66. The van der Waals surface area contributed by atoms with E-state index >= 15 is 0 Å². The molecule has 1 fully saturated rings. The van der Waals surface area contributed by atoms with Gasteiger partial charge >= 0.3 is 6.18 Å². The van der Waals surface area contributed by atoms with Crippen LogP contribution < -0.4 is 4.74 Å². The van der Waals surface area contributed by atoms with Crippen molar-refractivity contribution in [1.29, 1.82) is 0 Å². The van der Waals surface area contributed by atoms with Gasteiger partial charge in [0.25, 0.3) is 0 Å². The van der Waals surface area contributed by atoms with E-state index in [2.05, 4.69) is 33.8 Å². The second kappa shape index (κ2) is 9.26. The maximum atomic E-state index is 13.5. The van der Waals surface area contributed by atoms with E-state index < -0.39 is 11.7 Å². The molecule has 6 aromatic rings. The number of hydrogen-bond acceptors (Lipinski definition) is 4. The summed E-state index contributed by atoms with van der Waals surface area (Å²) in [6, 6.07) is 22.6. The van der Waals surface area contributed by atoms with Crippen LogP contribution in [-0.4, -0.2) is 19.6 Å². The van der Waals surface area contributed by atoms with E-state index in [1.54, 1.807) is 6.07 Å². The topological polar surface area (TPSA) is 60.2 Å². The van der Waals surface area contributed by atoms with Gasteiger partial charge in [-0.3, -0.25) is 4.57 Å². The minimum absolute atomic E-state index is 0.0745. The van der Waals surface area contributed by atoms with Gasteiger partial charge in [0.15, 0.2) is 0 Å². The molecule has 8 heteroatoms. The largest absolute Gasteiger partial charge is 0.506 e. The molecule has 1 N–H and O–H groups in total. The summed E-state index contributed by atoms with van der Waals surface area (Å²) < 4.78 is 48.6. The quantitative estimate of drug-likeness (QED) is 0.243. The maximum absolute atomic E-state index is 13.5. The van der Waals surface area contributed by atoms with E-state index in [1.165, 1.54) is 43.4 Å². The highest BCUT2D eigenvalue weighted by Gasteiger charge is 2.33. The predicted octanol–water partition coefficient (Wildman–Crippen LogP) is 8.90. The van der Waals surface area contributed by atoms with Gasteiger partial charge in [-0.05, 0) is 72.9 Å². The van der Waals surface area contributed by atoms with Crippen LogP contribution in [0.3, 0.4) is 0 Å². The molecule has 0 unspecified atom stereocenters. The van der Waals surface area contributed by atoms with Gasteiger partial charge in [-0.25, -0.2) is 9.97 Å². The Morgan fingerprint density at radius 3 is 2.42 bits per heavy atom. The molecule has 0 spiro atoms. The fourth-order valence-electron chi connectivity index (χ4n) is 5.94. The highest BCUT2D eigenvalue weighted by atomic mass is 19.4. The summed E-state index contributed by atoms with van der Waals surface area (Å²) in [5.74, 6) is 1.55. The molecule has 0 radical (unpaired) electrons. The Hall–Kier alpha value is -4.59. The number of hydrogen-bond donors (Lipinski definition) is 1. The van der Waals surface area contributed by atoms with E-state index in [4.69, 9.17) is 9.72 Å². The van der Waals surface area contributed by atoms with Crippen LogP contribution in [0.2, 0.25) is 0 Å². The zero-order valence-corrected chi connectivity index (χ0v) is 21.3. The van der Waals surface area contributed by atoms with Gasteiger partial charge in [0, 0.05) is 34.5 Å². The molecule has 200 valence electrons. The summed E-state index contributed by atoms with van der Waals surface area (Å²) in [5, 5.41) is 12.1. The lowest BCUT2D eigenvalue weighted by atomic mass is 9.99. The summed E-state index contributed by atoms with van der Waals surface area (Å²) in [7, 11) is 0. The van der Waals surface area contributed by atoms with Crippen molar-refractivity contribution in [2.75, 3.05) is 0 Å². The molecule has 7 rings (SSSR count). The number of halogens is 3. The van der Waals surface area contributed by atoms with Gasteiger partial charge in [0.1, 0.15) is 22.8 Å². The predicted molar refractivity (Wildman–Crippen MR) is 148 cm³/mol. The van der Waals surface area contributed by atoms with Crippen LogP contribution >= 0.6 is 0 Å². The molecule has 5 nitrogen and oxygen atoms in total. The van der Waals surface area contributed by atoms with Crippen LogP contribution in [-0.2, 0) is 6.18 Å². The molecule has 3 aromatic carbocycles. The lowest BCUT2D eigenvalue weighted by molar-refractivity contribution is -0.136. The van der Waals surface area contributed by atoms with E-state index in [9.17, 15) is 18.3 Å². The zero-order chi connectivity index (χ0) is 27.4. The van der Waals surface area contributed by atoms with Crippen LogP contribution in [0.4, 0.5) is 13.2 Å². The van der Waals surface area contributed by atoms with E-state index in [0.717, 1.165) is 39.8 Å². The number of pyridine rings is 2. The Labute approximate surface area is 227 Å². The summed E-state index contributed by atoms with van der Waals surface area (Å²) in [5.41, 5.74) is 2.16. The van der Waals surface area contributed by atoms with Gasteiger partial charge in [0.2, 0.25) is 5.88 Å². The smallest absolute Gasteiger partial charge is 0.417 e. The first-order chi connectivity index (χ1) is 19.4. The molecule has 1 aliphatic carbocycles. The molecule has 0 aliphatic heterocycles. The van der Waals surface area contributed by atoms with Gasteiger partial charge in [-0.1, -0.05) is 31.0 Å². The number of ether oxygens (including phenoxy) is 1. The van der Waals surface area contributed by atoms with Crippen molar-refractivity contribution in [3.05, 3.63) is 96.2 Å². The summed E-state index contributed by atoms with van der Waals surface area (Å²) >= 11 is 0. The third-order valence-electron chi connectivity index (χ3n) is 7.81. The number of para-hydroxylation sites is 1. The number of aromatic hydroxyl groups is 1. The van der Waals surface area contributed by atoms with Crippen LogP contribution in [0.25, 0.3) is 38.5 Å². The number of phenols is 1. The number of rotatable bonds is 4. The molecular weight excluding hydrogens is 515 g/mol. The van der Waals surface area contributed by atoms with Crippen LogP contribution in [0.1, 0.15) is 42.7 Å². The zero-order valence-electron chi connectivity index (χ0n) is 21.3. The first-order valence-electron chi connectivity index (χ1n) is 13.2. The Bertz CT molecular complexity index is 1910. The van der Waals surface area contributed by atoms with Crippen LogP contribution in [0.15, 0.2) is 85.1 Å². The van der Waals surface area contributed by atoms with Crippen LogP contribution in [0, 0.1) is 0 Å².